The maximum absolute atomic E-state index is 9.95. The van der Waals surface area contributed by atoms with Crippen LogP contribution < -0.4 is 0 Å². The standard InChI is InChI=1S/C13H24O11/c1-21-3-5(16)10-11(8(19)12(20)22-10)24-13-7(18)6(17)9(23-13)4(15)2-14/h4-20H,2-3H2,1H3/t4-,5+,6+,7-,8-,9+,10+,11+,12-,13+/m1/s1. The predicted molar refractivity (Wildman–Crippen MR) is 73.4 cm³/mol. The predicted octanol–water partition coefficient (Wildman–Crippen LogP) is -4.74. The van der Waals surface area contributed by atoms with Crippen molar-refractivity contribution in [1.29, 1.82) is 0 Å². The summed E-state index contributed by atoms with van der Waals surface area (Å²) in [5.74, 6) is 0. The first-order chi connectivity index (χ1) is 11.3. The van der Waals surface area contributed by atoms with E-state index < -0.39 is 68.0 Å². The quantitative estimate of drug-likeness (QED) is 0.233. The molecule has 0 unspecified atom stereocenters. The van der Waals surface area contributed by atoms with E-state index in [1.807, 2.05) is 0 Å². The van der Waals surface area contributed by atoms with Gasteiger partial charge in [-0.2, -0.15) is 0 Å². The van der Waals surface area contributed by atoms with E-state index in [1.54, 1.807) is 0 Å². The van der Waals surface area contributed by atoms with Crippen LogP contribution in [0.2, 0.25) is 0 Å². The van der Waals surface area contributed by atoms with E-state index in [2.05, 4.69) is 0 Å². The molecule has 2 saturated heterocycles. The third-order valence-corrected chi connectivity index (χ3v) is 4.08. The number of hydrogen-bond acceptors (Lipinski definition) is 11. The molecule has 0 aliphatic carbocycles. The van der Waals surface area contributed by atoms with Crippen LogP contribution in [0.4, 0.5) is 0 Å². The van der Waals surface area contributed by atoms with Crippen LogP contribution in [-0.2, 0) is 18.9 Å². The average molecular weight is 356 g/mol. The molecule has 10 atom stereocenters. The molecule has 2 aliphatic rings. The Kier molecular flexibility index (Phi) is 6.87. The summed E-state index contributed by atoms with van der Waals surface area (Å²) in [6.45, 7) is -0.864. The maximum Gasteiger partial charge on any atom is 0.187 e. The summed E-state index contributed by atoms with van der Waals surface area (Å²) < 4.78 is 20.4. The molecule has 0 spiro atoms. The Morgan fingerprint density at radius 3 is 2.17 bits per heavy atom. The lowest BCUT2D eigenvalue weighted by atomic mass is 10.0. The normalized spacial score (nSPS) is 45.5. The van der Waals surface area contributed by atoms with Crippen molar-refractivity contribution in [2.45, 2.75) is 61.4 Å². The van der Waals surface area contributed by atoms with E-state index in [1.165, 1.54) is 7.11 Å². The maximum atomic E-state index is 9.95. The van der Waals surface area contributed by atoms with Gasteiger partial charge in [0.2, 0.25) is 0 Å². The van der Waals surface area contributed by atoms with Crippen molar-refractivity contribution in [2.75, 3.05) is 20.3 Å². The van der Waals surface area contributed by atoms with Crippen molar-refractivity contribution < 1.29 is 54.7 Å². The van der Waals surface area contributed by atoms with Gasteiger partial charge >= 0.3 is 0 Å². The topological polar surface area (TPSA) is 179 Å². The summed E-state index contributed by atoms with van der Waals surface area (Å²) in [7, 11) is 1.34. The molecule has 0 aromatic heterocycles. The monoisotopic (exact) mass is 356 g/mol. The highest BCUT2D eigenvalue weighted by atomic mass is 16.7. The lowest BCUT2D eigenvalue weighted by Gasteiger charge is -2.27. The molecule has 7 N–H and O–H groups in total. The lowest BCUT2D eigenvalue weighted by Crippen LogP contribution is -2.46. The fraction of sp³-hybridized carbons (Fsp3) is 1.00. The van der Waals surface area contributed by atoms with E-state index in [0.29, 0.717) is 0 Å². The molecule has 11 heteroatoms. The van der Waals surface area contributed by atoms with Gasteiger partial charge in [-0.1, -0.05) is 0 Å². The third kappa shape index (κ3) is 3.86. The van der Waals surface area contributed by atoms with Crippen LogP contribution in [0.25, 0.3) is 0 Å². The average Bonchev–Trinajstić information content (AvgIpc) is 3.00. The second kappa shape index (κ2) is 8.29. The number of aliphatic hydroxyl groups is 7. The van der Waals surface area contributed by atoms with E-state index in [-0.39, 0.29) is 6.61 Å². The molecule has 2 heterocycles. The molecule has 0 aromatic carbocycles. The zero-order valence-electron chi connectivity index (χ0n) is 13.0. The molecular weight excluding hydrogens is 332 g/mol. The van der Waals surface area contributed by atoms with Gasteiger partial charge in [-0.3, -0.25) is 0 Å². The van der Waals surface area contributed by atoms with Crippen molar-refractivity contribution in [3.05, 3.63) is 0 Å². The largest absolute Gasteiger partial charge is 0.394 e. The van der Waals surface area contributed by atoms with Gasteiger partial charge in [-0.25, -0.2) is 0 Å². The van der Waals surface area contributed by atoms with Gasteiger partial charge < -0.3 is 54.7 Å². The van der Waals surface area contributed by atoms with Crippen molar-refractivity contribution in [2.24, 2.45) is 0 Å². The molecule has 2 aliphatic heterocycles. The Labute approximate surface area is 137 Å². The van der Waals surface area contributed by atoms with Crippen LogP contribution in [0.3, 0.4) is 0 Å². The van der Waals surface area contributed by atoms with Gasteiger partial charge in [0.1, 0.15) is 48.8 Å². The minimum atomic E-state index is -1.63. The van der Waals surface area contributed by atoms with Crippen molar-refractivity contribution in [1.82, 2.24) is 0 Å². The number of hydrogen-bond donors (Lipinski definition) is 7. The highest BCUT2D eigenvalue weighted by Crippen LogP contribution is 2.31. The van der Waals surface area contributed by atoms with Crippen LogP contribution >= 0.6 is 0 Å². The lowest BCUT2D eigenvalue weighted by molar-refractivity contribution is -0.226. The second-order valence-electron chi connectivity index (χ2n) is 5.81. The molecule has 142 valence electrons. The van der Waals surface area contributed by atoms with Crippen LogP contribution in [0, 0.1) is 0 Å². The zero-order chi connectivity index (χ0) is 18.0. The molecule has 0 radical (unpaired) electrons. The number of aliphatic hydroxyl groups excluding tert-OH is 7. The highest BCUT2D eigenvalue weighted by Gasteiger charge is 2.52. The van der Waals surface area contributed by atoms with Crippen molar-refractivity contribution >= 4 is 0 Å². The van der Waals surface area contributed by atoms with E-state index >= 15 is 0 Å². The molecule has 2 rings (SSSR count). The summed E-state index contributed by atoms with van der Waals surface area (Å²) in [4.78, 5) is 0. The van der Waals surface area contributed by atoms with Crippen LogP contribution in [0.1, 0.15) is 0 Å². The van der Waals surface area contributed by atoms with Gasteiger partial charge in [0.05, 0.1) is 13.2 Å². The number of ether oxygens (including phenoxy) is 4. The van der Waals surface area contributed by atoms with E-state index in [0.717, 1.165) is 0 Å². The molecule has 2 fully saturated rings. The molecule has 0 saturated carbocycles. The van der Waals surface area contributed by atoms with E-state index in [9.17, 15) is 30.6 Å². The minimum absolute atomic E-state index is 0.160. The molecule has 0 aromatic rings. The SMILES string of the molecule is COC[C@H](O)[C@@H]1O[C@@H](O)[C@H](O)[C@@H]1O[C@@H]1O[C@@H]([C@H](O)CO)[C@@H](O)[C@H]1O. The second-order valence-corrected chi connectivity index (χ2v) is 5.81. The molecule has 0 bridgehead atoms. The number of methoxy groups -OCH3 is 1. The van der Waals surface area contributed by atoms with Gasteiger partial charge in [0.25, 0.3) is 0 Å². The highest BCUT2D eigenvalue weighted by molar-refractivity contribution is 4.95. The fourth-order valence-electron chi connectivity index (χ4n) is 2.77. The van der Waals surface area contributed by atoms with Crippen molar-refractivity contribution in [3.8, 4) is 0 Å². The van der Waals surface area contributed by atoms with Crippen LogP contribution in [-0.4, -0.2) is 117 Å². The first-order valence-electron chi connectivity index (χ1n) is 7.46. The van der Waals surface area contributed by atoms with Crippen LogP contribution in [0.15, 0.2) is 0 Å². The number of rotatable bonds is 7. The Morgan fingerprint density at radius 1 is 0.917 bits per heavy atom. The Bertz CT molecular complexity index is 396. The zero-order valence-corrected chi connectivity index (χ0v) is 13.0. The summed E-state index contributed by atoms with van der Waals surface area (Å²) in [5, 5.41) is 67.7. The summed E-state index contributed by atoms with van der Waals surface area (Å²) in [6.07, 6.45) is -14.2. The summed E-state index contributed by atoms with van der Waals surface area (Å²) >= 11 is 0. The smallest absolute Gasteiger partial charge is 0.187 e. The third-order valence-electron chi connectivity index (χ3n) is 4.08. The molecule has 24 heavy (non-hydrogen) atoms. The first-order valence-corrected chi connectivity index (χ1v) is 7.46. The Hall–Kier alpha value is -0.440. The molecule has 0 amide bonds. The van der Waals surface area contributed by atoms with Crippen molar-refractivity contribution in [3.63, 3.8) is 0 Å². The Balaban J connectivity index is 2.07. The van der Waals surface area contributed by atoms with E-state index in [4.69, 9.17) is 24.1 Å². The van der Waals surface area contributed by atoms with Crippen LogP contribution in [0.5, 0.6) is 0 Å². The minimum Gasteiger partial charge on any atom is -0.394 e. The first kappa shape index (κ1) is 19.9. The summed E-state index contributed by atoms with van der Waals surface area (Å²) in [6, 6.07) is 0. The fourth-order valence-corrected chi connectivity index (χ4v) is 2.77. The van der Waals surface area contributed by atoms with Gasteiger partial charge in [0.15, 0.2) is 12.6 Å². The molecular formula is C13H24O11. The van der Waals surface area contributed by atoms with Gasteiger partial charge in [-0.15, -0.1) is 0 Å². The van der Waals surface area contributed by atoms with Gasteiger partial charge in [-0.05, 0) is 0 Å². The van der Waals surface area contributed by atoms with Gasteiger partial charge in [0, 0.05) is 7.11 Å². The summed E-state index contributed by atoms with van der Waals surface area (Å²) in [5.41, 5.74) is 0. The molecule has 11 nitrogen and oxygen atoms in total. The Morgan fingerprint density at radius 2 is 1.58 bits per heavy atom.